The summed E-state index contributed by atoms with van der Waals surface area (Å²) >= 11 is 0. The van der Waals surface area contributed by atoms with Gasteiger partial charge in [-0.2, -0.15) is 0 Å². The molecule has 0 aliphatic heterocycles. The lowest BCUT2D eigenvalue weighted by Gasteiger charge is -2.36. The number of nitrogens with one attached hydrogen (secondary N) is 2. The van der Waals surface area contributed by atoms with E-state index < -0.39 is 12.0 Å². The van der Waals surface area contributed by atoms with Crippen molar-refractivity contribution in [2.24, 2.45) is 0 Å². The van der Waals surface area contributed by atoms with Crippen LogP contribution in [0.5, 0.6) is 0 Å². The van der Waals surface area contributed by atoms with Gasteiger partial charge in [-0.3, -0.25) is 4.79 Å². The number of hydrogen-bond donors (Lipinski definition) is 3. The molecule has 1 aliphatic rings. The minimum atomic E-state index is -1.02. The van der Waals surface area contributed by atoms with Crippen LogP contribution in [-0.4, -0.2) is 48.3 Å². The molecule has 1 rings (SSSR count). The smallest absolute Gasteiger partial charge is 0.327 e. The number of ether oxygens (including phenoxy) is 1. The van der Waals surface area contributed by atoms with E-state index in [-0.39, 0.29) is 12.5 Å². The summed E-state index contributed by atoms with van der Waals surface area (Å²) in [5.74, 6) is -1.35. The molecule has 98 valence electrons. The molecular weight excluding hydrogens is 224 g/mol. The first-order valence-corrected chi connectivity index (χ1v) is 5.87. The summed E-state index contributed by atoms with van der Waals surface area (Å²) in [7, 11) is 0. The number of amides is 1. The summed E-state index contributed by atoms with van der Waals surface area (Å²) in [6.07, 6.45) is 2.10. The predicted molar refractivity (Wildman–Crippen MR) is 61.7 cm³/mol. The average Bonchev–Trinajstić information content (AvgIpc) is 2.18. The van der Waals surface area contributed by atoms with Crippen LogP contribution in [0.1, 0.15) is 26.7 Å². The van der Waals surface area contributed by atoms with Gasteiger partial charge < -0.3 is 20.5 Å². The Labute approximate surface area is 101 Å². The van der Waals surface area contributed by atoms with Gasteiger partial charge in [0.05, 0.1) is 6.10 Å². The molecule has 1 atom stereocenters. The molecule has 0 spiro atoms. The highest BCUT2D eigenvalue weighted by Crippen LogP contribution is 2.22. The number of rotatable bonds is 7. The highest BCUT2D eigenvalue weighted by molar-refractivity contribution is 5.82. The molecule has 1 unspecified atom stereocenters. The molecule has 6 heteroatoms. The van der Waals surface area contributed by atoms with Crippen molar-refractivity contribution in [1.29, 1.82) is 0 Å². The number of carbonyl (C=O) groups is 2. The van der Waals surface area contributed by atoms with Gasteiger partial charge in [0.25, 0.3) is 0 Å². The van der Waals surface area contributed by atoms with E-state index >= 15 is 0 Å². The summed E-state index contributed by atoms with van der Waals surface area (Å²) in [6.45, 7) is 4.22. The molecule has 0 heterocycles. The van der Waals surface area contributed by atoms with E-state index in [4.69, 9.17) is 9.84 Å². The molecule has 1 aliphatic carbocycles. The van der Waals surface area contributed by atoms with Crippen LogP contribution in [0.4, 0.5) is 0 Å². The fraction of sp³-hybridized carbons (Fsp3) is 0.818. The van der Waals surface area contributed by atoms with Gasteiger partial charge in [-0.1, -0.05) is 0 Å². The third-order valence-electron chi connectivity index (χ3n) is 2.78. The standard InChI is InChI=1S/C11H20N2O4/c1-3-17-9-4-8(5-9)12-6-10(11(15)16)13-7(2)14/h8-10,12H,3-6H2,1-2H3,(H,13,14)(H,15,16). The van der Waals surface area contributed by atoms with Crippen LogP contribution in [0.15, 0.2) is 0 Å². The third kappa shape index (κ3) is 4.70. The highest BCUT2D eigenvalue weighted by Gasteiger charge is 2.30. The third-order valence-corrected chi connectivity index (χ3v) is 2.78. The van der Waals surface area contributed by atoms with Crippen molar-refractivity contribution in [2.45, 2.75) is 44.9 Å². The van der Waals surface area contributed by atoms with E-state index in [1.165, 1.54) is 6.92 Å². The zero-order valence-electron chi connectivity index (χ0n) is 10.2. The van der Waals surface area contributed by atoms with Gasteiger partial charge in [0.15, 0.2) is 0 Å². The van der Waals surface area contributed by atoms with Gasteiger partial charge in [-0.25, -0.2) is 4.79 Å². The molecule has 0 saturated heterocycles. The molecule has 0 bridgehead atoms. The summed E-state index contributed by atoms with van der Waals surface area (Å²) in [6, 6.07) is -0.569. The topological polar surface area (TPSA) is 87.7 Å². The second-order valence-corrected chi connectivity index (χ2v) is 4.25. The number of aliphatic carboxylic acids is 1. The normalized spacial score (nSPS) is 24.8. The summed E-state index contributed by atoms with van der Waals surface area (Å²) < 4.78 is 5.40. The van der Waals surface area contributed by atoms with Crippen molar-refractivity contribution in [3.63, 3.8) is 0 Å². The number of hydrogen-bond acceptors (Lipinski definition) is 4. The Bertz CT molecular complexity index is 277. The fourth-order valence-electron chi connectivity index (χ4n) is 1.83. The average molecular weight is 244 g/mol. The molecule has 0 aromatic carbocycles. The maximum atomic E-state index is 10.8. The maximum absolute atomic E-state index is 10.8. The molecular formula is C11H20N2O4. The van der Waals surface area contributed by atoms with Crippen LogP contribution in [0.2, 0.25) is 0 Å². The van der Waals surface area contributed by atoms with Gasteiger partial charge in [-0.05, 0) is 19.8 Å². The Kier molecular flexibility index (Phi) is 5.37. The van der Waals surface area contributed by atoms with Crippen LogP contribution in [-0.2, 0) is 14.3 Å². The van der Waals surface area contributed by atoms with Crippen molar-refractivity contribution in [1.82, 2.24) is 10.6 Å². The van der Waals surface area contributed by atoms with Crippen molar-refractivity contribution in [3.8, 4) is 0 Å². The molecule has 0 aromatic heterocycles. The Morgan fingerprint density at radius 2 is 2.12 bits per heavy atom. The van der Waals surface area contributed by atoms with Crippen molar-refractivity contribution in [3.05, 3.63) is 0 Å². The van der Waals surface area contributed by atoms with Crippen LogP contribution in [0.3, 0.4) is 0 Å². The highest BCUT2D eigenvalue weighted by atomic mass is 16.5. The van der Waals surface area contributed by atoms with E-state index in [1.54, 1.807) is 0 Å². The summed E-state index contributed by atoms with van der Waals surface area (Å²) in [4.78, 5) is 21.6. The van der Waals surface area contributed by atoms with Crippen molar-refractivity contribution < 1.29 is 19.4 Å². The largest absolute Gasteiger partial charge is 0.480 e. The van der Waals surface area contributed by atoms with Crippen molar-refractivity contribution >= 4 is 11.9 Å². The summed E-state index contributed by atoms with van der Waals surface area (Å²) in [5, 5.41) is 14.4. The van der Waals surface area contributed by atoms with Gasteiger partial charge in [0.1, 0.15) is 6.04 Å². The zero-order chi connectivity index (χ0) is 12.8. The van der Waals surface area contributed by atoms with E-state index in [0.29, 0.717) is 18.8 Å². The van der Waals surface area contributed by atoms with Crippen LogP contribution < -0.4 is 10.6 Å². The second-order valence-electron chi connectivity index (χ2n) is 4.25. The van der Waals surface area contributed by atoms with Crippen molar-refractivity contribution in [2.75, 3.05) is 13.2 Å². The van der Waals surface area contributed by atoms with Crippen LogP contribution in [0, 0.1) is 0 Å². The molecule has 3 N–H and O–H groups in total. The Morgan fingerprint density at radius 3 is 2.59 bits per heavy atom. The number of carboxylic acid groups (broad SMARTS) is 1. The van der Waals surface area contributed by atoms with Gasteiger partial charge in [-0.15, -0.1) is 0 Å². The molecule has 17 heavy (non-hydrogen) atoms. The van der Waals surface area contributed by atoms with E-state index in [9.17, 15) is 9.59 Å². The van der Waals surface area contributed by atoms with Crippen LogP contribution in [0.25, 0.3) is 0 Å². The zero-order valence-corrected chi connectivity index (χ0v) is 10.2. The maximum Gasteiger partial charge on any atom is 0.327 e. The molecule has 1 amide bonds. The monoisotopic (exact) mass is 244 g/mol. The van der Waals surface area contributed by atoms with E-state index in [1.807, 2.05) is 6.92 Å². The lowest BCUT2D eigenvalue weighted by molar-refractivity contribution is -0.141. The van der Waals surface area contributed by atoms with Crippen LogP contribution >= 0.6 is 0 Å². The first-order chi connectivity index (χ1) is 8.02. The predicted octanol–water partition coefficient (Wildman–Crippen LogP) is -0.267. The summed E-state index contributed by atoms with van der Waals surface area (Å²) in [5.41, 5.74) is 0. The lowest BCUT2D eigenvalue weighted by atomic mass is 9.89. The number of carbonyl (C=O) groups excluding carboxylic acids is 1. The molecule has 0 aromatic rings. The first-order valence-electron chi connectivity index (χ1n) is 5.87. The SMILES string of the molecule is CCOC1CC(NCC(NC(C)=O)C(=O)O)C1. The minimum Gasteiger partial charge on any atom is -0.480 e. The number of carboxylic acids is 1. The molecule has 6 nitrogen and oxygen atoms in total. The minimum absolute atomic E-state index is 0.248. The lowest BCUT2D eigenvalue weighted by Crippen LogP contribution is -2.52. The Hall–Kier alpha value is -1.14. The van der Waals surface area contributed by atoms with Gasteiger partial charge in [0.2, 0.25) is 5.91 Å². The molecule has 1 fully saturated rings. The van der Waals surface area contributed by atoms with E-state index in [0.717, 1.165) is 12.8 Å². The Morgan fingerprint density at radius 1 is 1.47 bits per heavy atom. The Balaban J connectivity index is 2.20. The molecule has 0 radical (unpaired) electrons. The second kappa shape index (κ2) is 6.56. The fourth-order valence-corrected chi connectivity index (χ4v) is 1.83. The van der Waals surface area contributed by atoms with E-state index in [2.05, 4.69) is 10.6 Å². The first kappa shape index (κ1) is 13.9. The van der Waals surface area contributed by atoms with Gasteiger partial charge in [0, 0.05) is 26.1 Å². The molecule has 1 saturated carbocycles. The van der Waals surface area contributed by atoms with Gasteiger partial charge >= 0.3 is 5.97 Å². The quantitative estimate of drug-likeness (QED) is 0.574.